The van der Waals surface area contributed by atoms with E-state index < -0.39 is 17.8 Å². The van der Waals surface area contributed by atoms with Gasteiger partial charge in [-0.15, -0.1) is 0 Å². The van der Waals surface area contributed by atoms with Crippen molar-refractivity contribution in [2.45, 2.75) is 19.4 Å². The second-order valence-electron chi connectivity index (χ2n) is 8.50. The first kappa shape index (κ1) is 22.1. The van der Waals surface area contributed by atoms with Crippen molar-refractivity contribution in [1.82, 2.24) is 9.80 Å². The Labute approximate surface area is 195 Å². The Hall–Kier alpha value is -2.74. The van der Waals surface area contributed by atoms with Gasteiger partial charge < -0.3 is 14.1 Å². The van der Waals surface area contributed by atoms with Crippen molar-refractivity contribution in [3.8, 4) is 0 Å². The van der Waals surface area contributed by atoms with E-state index in [2.05, 4.69) is 4.90 Å². The van der Waals surface area contributed by atoms with Crippen LogP contribution in [0.2, 0.25) is 5.02 Å². The van der Waals surface area contributed by atoms with Crippen LogP contribution in [0.3, 0.4) is 0 Å². The lowest BCUT2D eigenvalue weighted by atomic mass is 9.97. The van der Waals surface area contributed by atoms with E-state index in [1.807, 2.05) is 0 Å². The van der Waals surface area contributed by atoms with Gasteiger partial charge in [-0.1, -0.05) is 29.8 Å². The van der Waals surface area contributed by atoms with Crippen molar-refractivity contribution in [1.29, 1.82) is 0 Å². The highest BCUT2D eigenvalue weighted by atomic mass is 35.5. The summed E-state index contributed by atoms with van der Waals surface area (Å²) in [5, 5.41) is 0.720. The highest BCUT2D eigenvalue weighted by Crippen LogP contribution is 2.39. The van der Waals surface area contributed by atoms with Crippen LogP contribution in [0.5, 0.6) is 0 Å². The molecular formula is C25H24ClFN2O4. The Kier molecular flexibility index (Phi) is 5.95. The number of fused-ring (bicyclic) bond motifs is 2. The van der Waals surface area contributed by atoms with E-state index in [1.165, 1.54) is 6.07 Å². The Balaban J connectivity index is 1.57. The fourth-order valence-electron chi connectivity index (χ4n) is 4.68. The first-order valence-electron chi connectivity index (χ1n) is 11.1. The van der Waals surface area contributed by atoms with Crippen molar-refractivity contribution in [2.24, 2.45) is 0 Å². The highest BCUT2D eigenvalue weighted by Gasteiger charge is 2.43. The normalized spacial score (nSPS) is 18.8. The van der Waals surface area contributed by atoms with Crippen molar-refractivity contribution in [3.63, 3.8) is 0 Å². The molecule has 2 aliphatic rings. The second kappa shape index (κ2) is 8.89. The summed E-state index contributed by atoms with van der Waals surface area (Å²) >= 11 is 6.26. The molecule has 0 saturated carbocycles. The molecule has 0 aliphatic carbocycles. The van der Waals surface area contributed by atoms with Gasteiger partial charge in [-0.3, -0.25) is 14.5 Å². The van der Waals surface area contributed by atoms with Gasteiger partial charge in [-0.2, -0.15) is 0 Å². The number of nitrogens with zero attached hydrogens (tertiary/aromatic N) is 2. The molecule has 0 spiro atoms. The monoisotopic (exact) mass is 470 g/mol. The maximum absolute atomic E-state index is 14.9. The molecule has 1 atom stereocenters. The van der Waals surface area contributed by atoms with E-state index in [9.17, 15) is 14.0 Å². The van der Waals surface area contributed by atoms with Crippen LogP contribution in [-0.2, 0) is 4.74 Å². The van der Waals surface area contributed by atoms with E-state index in [1.54, 1.807) is 42.2 Å². The summed E-state index contributed by atoms with van der Waals surface area (Å²) in [5.41, 5.74) is 1.14. The molecule has 5 rings (SSSR count). The summed E-state index contributed by atoms with van der Waals surface area (Å²) in [5.74, 6) is -0.886. The van der Waals surface area contributed by atoms with Crippen LogP contribution in [0.15, 0.2) is 45.6 Å². The van der Waals surface area contributed by atoms with E-state index in [0.717, 1.165) is 25.2 Å². The molecule has 0 radical (unpaired) electrons. The Morgan fingerprint density at radius 3 is 2.64 bits per heavy atom. The summed E-state index contributed by atoms with van der Waals surface area (Å²) < 4.78 is 26.2. The standard InChI is InChI=1S/C25H24ClFN2O4/c1-15-13-20-17(14-18(15)26)23(30)21-22(16-5-2-3-6-19(16)27)29(25(31)24(21)33-20)8-4-7-28-9-11-32-12-10-28/h2-3,5-6,13-14,22H,4,7-12H2,1H3. The van der Waals surface area contributed by atoms with Crippen LogP contribution in [0.4, 0.5) is 4.39 Å². The Morgan fingerprint density at radius 1 is 1.12 bits per heavy atom. The number of ether oxygens (including phenoxy) is 1. The maximum atomic E-state index is 14.9. The number of hydrogen-bond donors (Lipinski definition) is 0. The molecule has 1 aromatic heterocycles. The molecular weight excluding hydrogens is 447 g/mol. The lowest BCUT2D eigenvalue weighted by Gasteiger charge is -2.29. The van der Waals surface area contributed by atoms with Crippen LogP contribution in [0.25, 0.3) is 11.0 Å². The minimum atomic E-state index is -0.848. The van der Waals surface area contributed by atoms with Crippen molar-refractivity contribution in [2.75, 3.05) is 39.4 Å². The third-order valence-electron chi connectivity index (χ3n) is 6.42. The van der Waals surface area contributed by atoms with Crippen molar-refractivity contribution >= 4 is 28.5 Å². The van der Waals surface area contributed by atoms with Crippen LogP contribution < -0.4 is 5.43 Å². The van der Waals surface area contributed by atoms with Crippen molar-refractivity contribution in [3.05, 3.63) is 79.9 Å². The molecule has 33 heavy (non-hydrogen) atoms. The van der Waals surface area contributed by atoms with Crippen LogP contribution in [-0.4, -0.2) is 55.1 Å². The molecule has 1 saturated heterocycles. The largest absolute Gasteiger partial charge is 0.450 e. The number of carbonyl (C=O) groups is 1. The number of rotatable bonds is 5. The molecule has 0 bridgehead atoms. The number of hydrogen-bond acceptors (Lipinski definition) is 5. The van der Waals surface area contributed by atoms with Crippen LogP contribution in [0, 0.1) is 12.7 Å². The van der Waals surface area contributed by atoms with E-state index in [-0.39, 0.29) is 27.7 Å². The molecule has 3 aromatic rings. The molecule has 2 aliphatic heterocycles. The van der Waals surface area contributed by atoms with E-state index in [0.29, 0.717) is 36.8 Å². The molecule has 3 heterocycles. The van der Waals surface area contributed by atoms with Crippen LogP contribution >= 0.6 is 11.6 Å². The van der Waals surface area contributed by atoms with Gasteiger partial charge >= 0.3 is 0 Å². The molecule has 1 unspecified atom stereocenters. The smallest absolute Gasteiger partial charge is 0.290 e. The lowest BCUT2D eigenvalue weighted by Crippen LogP contribution is -2.39. The number of aryl methyl sites for hydroxylation is 1. The average Bonchev–Trinajstić information content (AvgIpc) is 3.08. The first-order chi connectivity index (χ1) is 16.0. The van der Waals surface area contributed by atoms with Gasteiger partial charge in [-0.05, 0) is 37.1 Å². The zero-order valence-electron chi connectivity index (χ0n) is 18.3. The van der Waals surface area contributed by atoms with Gasteiger partial charge in [-0.25, -0.2) is 4.39 Å². The topological polar surface area (TPSA) is 63.0 Å². The maximum Gasteiger partial charge on any atom is 0.290 e. The van der Waals surface area contributed by atoms with Gasteiger partial charge in [0, 0.05) is 36.8 Å². The summed E-state index contributed by atoms with van der Waals surface area (Å²) in [6.45, 7) is 6.03. The number of carbonyl (C=O) groups excluding carboxylic acids is 1. The molecule has 8 heteroatoms. The van der Waals surface area contributed by atoms with Gasteiger partial charge in [0.1, 0.15) is 11.4 Å². The molecule has 1 amide bonds. The average molecular weight is 471 g/mol. The molecule has 0 N–H and O–H groups in total. The molecule has 172 valence electrons. The highest BCUT2D eigenvalue weighted by molar-refractivity contribution is 6.32. The second-order valence-corrected chi connectivity index (χ2v) is 8.91. The zero-order chi connectivity index (χ0) is 23.1. The van der Waals surface area contributed by atoms with Gasteiger partial charge in [0.05, 0.1) is 30.2 Å². The fourth-order valence-corrected chi connectivity index (χ4v) is 4.84. The van der Waals surface area contributed by atoms with E-state index >= 15 is 0 Å². The summed E-state index contributed by atoms with van der Waals surface area (Å²) in [7, 11) is 0. The molecule has 6 nitrogen and oxygen atoms in total. The number of benzene rings is 2. The fraction of sp³-hybridized carbons (Fsp3) is 0.360. The summed E-state index contributed by atoms with van der Waals surface area (Å²) in [6.07, 6.45) is 0.684. The van der Waals surface area contributed by atoms with Crippen LogP contribution in [0.1, 0.15) is 39.7 Å². The SMILES string of the molecule is Cc1cc2oc3c(c(=O)c2cc1Cl)C(c1ccccc1F)N(CCCN1CCOCC1)C3=O. The summed E-state index contributed by atoms with van der Waals surface area (Å²) in [4.78, 5) is 30.8. The van der Waals surface area contributed by atoms with E-state index in [4.69, 9.17) is 20.8 Å². The predicted molar refractivity (Wildman–Crippen MR) is 123 cm³/mol. The minimum Gasteiger partial charge on any atom is -0.450 e. The minimum absolute atomic E-state index is 0.0196. The number of amides is 1. The van der Waals surface area contributed by atoms with Crippen molar-refractivity contribution < 1.29 is 18.3 Å². The lowest BCUT2D eigenvalue weighted by molar-refractivity contribution is 0.0353. The summed E-state index contributed by atoms with van der Waals surface area (Å²) in [6, 6.07) is 8.61. The third kappa shape index (κ3) is 3.94. The first-order valence-corrected chi connectivity index (χ1v) is 11.5. The predicted octanol–water partition coefficient (Wildman–Crippen LogP) is 4.16. The van der Waals surface area contributed by atoms with Gasteiger partial charge in [0.25, 0.3) is 5.91 Å². The quantitative estimate of drug-likeness (QED) is 0.560. The van der Waals surface area contributed by atoms with Gasteiger partial charge in [0.15, 0.2) is 5.43 Å². The zero-order valence-corrected chi connectivity index (χ0v) is 19.0. The third-order valence-corrected chi connectivity index (χ3v) is 6.83. The molecule has 1 fully saturated rings. The number of morpholine rings is 1. The van der Waals surface area contributed by atoms with Gasteiger partial charge in [0.2, 0.25) is 5.76 Å². The molecule has 2 aromatic carbocycles. The Morgan fingerprint density at radius 2 is 1.88 bits per heavy atom. The Bertz CT molecular complexity index is 1290. The number of halogens is 2.